The van der Waals surface area contributed by atoms with Gasteiger partial charge in [0.15, 0.2) is 5.01 Å². The average molecular weight is 665 g/mol. The van der Waals surface area contributed by atoms with Gasteiger partial charge in [0.1, 0.15) is 11.4 Å². The van der Waals surface area contributed by atoms with Gasteiger partial charge in [0.2, 0.25) is 0 Å². The molecule has 1 aliphatic heterocycles. The number of hydrogen-bond acceptors (Lipinski definition) is 9. The maximum absolute atomic E-state index is 12.9. The molecule has 10 nitrogen and oxygen atoms in total. The van der Waals surface area contributed by atoms with Crippen LogP contribution < -0.4 is 23.2 Å². The van der Waals surface area contributed by atoms with Crippen molar-refractivity contribution in [2.45, 2.75) is 6.42 Å². The molecule has 0 spiro atoms. The third kappa shape index (κ3) is 7.31. The van der Waals surface area contributed by atoms with Gasteiger partial charge in [-0.05, 0) is 51.8 Å². The predicted octanol–water partition coefficient (Wildman–Crippen LogP) is 1.90. The quantitative estimate of drug-likeness (QED) is 0.185. The predicted molar refractivity (Wildman–Crippen MR) is 163 cm³/mol. The molecule has 3 heterocycles. The van der Waals surface area contributed by atoms with E-state index in [0.717, 1.165) is 38.6 Å². The number of carbonyl (C=O) groups is 2. The third-order valence-electron chi connectivity index (χ3n) is 7.39. The zero-order chi connectivity index (χ0) is 33.0. The Kier molecular flexibility index (Phi) is 9.27. The van der Waals surface area contributed by atoms with Crippen molar-refractivity contribution in [3.05, 3.63) is 144 Å². The molecule has 4 aromatic carbocycles. The number of imide groups is 1. The summed E-state index contributed by atoms with van der Waals surface area (Å²) in [5, 5.41) is 10.6. The van der Waals surface area contributed by atoms with Gasteiger partial charge in [-0.25, -0.2) is 18.6 Å². The Morgan fingerprint density at radius 2 is 1.02 bits per heavy atom. The number of halogens is 1. The molecule has 2 aromatic heterocycles. The Balaban J connectivity index is 0.000000720. The molecule has 0 aliphatic carbocycles. The van der Waals surface area contributed by atoms with Crippen LogP contribution >= 0.6 is 11.3 Å². The van der Waals surface area contributed by atoms with Gasteiger partial charge < -0.3 is 0 Å². The van der Waals surface area contributed by atoms with Crippen molar-refractivity contribution in [2.75, 3.05) is 6.54 Å². The van der Waals surface area contributed by atoms with E-state index >= 15 is 0 Å². The van der Waals surface area contributed by atoms with Crippen LogP contribution in [0.25, 0.3) is 38.8 Å². The Hall–Kier alpha value is -5.14. The van der Waals surface area contributed by atoms with E-state index < -0.39 is 10.2 Å². The summed E-state index contributed by atoms with van der Waals surface area (Å²) in [6, 6.07) is 42.2. The van der Waals surface area contributed by atoms with Crippen molar-refractivity contribution in [3.63, 3.8) is 0 Å². The highest BCUT2D eigenvalue weighted by Crippen LogP contribution is 2.31. The van der Waals surface area contributed by atoms with E-state index in [1.807, 2.05) is 54.6 Å². The van der Waals surface area contributed by atoms with E-state index in [9.17, 15) is 9.59 Å². The second-order valence-corrected chi connectivity index (χ2v) is 12.2. The van der Waals surface area contributed by atoms with E-state index in [0.29, 0.717) is 22.7 Å². The van der Waals surface area contributed by atoms with E-state index in [2.05, 4.69) is 63.3 Å². The largest absolute Gasteiger partial charge is 0.415 e. The van der Waals surface area contributed by atoms with Crippen molar-refractivity contribution in [2.24, 2.45) is 0 Å². The van der Waals surface area contributed by atoms with Crippen molar-refractivity contribution in [3.8, 4) is 38.8 Å². The van der Waals surface area contributed by atoms with Crippen LogP contribution in [0.1, 0.15) is 25.7 Å². The monoisotopic (exact) mass is 664 g/mol. The highest BCUT2D eigenvalue weighted by atomic mass is 35.7. The molecule has 2 amide bonds. The minimum absolute atomic E-state index is 0.246. The van der Waals surface area contributed by atoms with Gasteiger partial charge in [0.05, 0.1) is 16.2 Å². The third-order valence-corrected chi connectivity index (χ3v) is 8.36. The zero-order valence-electron chi connectivity index (χ0n) is 24.6. The van der Waals surface area contributed by atoms with Gasteiger partial charge in [0.25, 0.3) is 11.8 Å². The van der Waals surface area contributed by atoms with Crippen LogP contribution in [0.5, 0.6) is 0 Å². The van der Waals surface area contributed by atoms with E-state index in [1.54, 1.807) is 24.3 Å². The molecule has 0 atom stereocenters. The SMILES string of the molecule is O=C1c2ccccc2C(=O)N1CCc1nnc(-[n+]2c(-c3ccccc3)cc(-c3ccccc3)cc2-c2ccccc2)s1.[O-][Cl+3]([O-])([O-])[O-]. The van der Waals surface area contributed by atoms with Crippen molar-refractivity contribution < 1.29 is 43.0 Å². The van der Waals surface area contributed by atoms with Gasteiger partial charge >= 0.3 is 5.13 Å². The number of nitrogens with zero attached hydrogens (tertiary/aromatic N) is 4. The maximum atomic E-state index is 12.9. The standard InChI is InChI=1S/C35H25N4O2S.ClHO4/c40-33-28-18-10-11-19-29(28)34(41)38(33)21-20-32-36-37-35(42-32)39-30(25-14-6-2-7-15-25)22-27(24-12-4-1-5-13-24)23-31(39)26-16-8-3-9-17-26;2-1(3,4)5/h1-19,22-23H,20-21H2;(H,2,3,4,5)/q+1;/p-1. The van der Waals surface area contributed by atoms with Crippen LogP contribution in [0, 0.1) is 10.2 Å². The second kappa shape index (κ2) is 13.7. The van der Waals surface area contributed by atoms with Crippen LogP contribution in [-0.2, 0) is 6.42 Å². The zero-order valence-corrected chi connectivity index (χ0v) is 26.1. The number of hydrogen-bond donors (Lipinski definition) is 0. The number of benzene rings is 4. The first-order valence-electron chi connectivity index (χ1n) is 14.3. The average Bonchev–Trinajstić information content (AvgIpc) is 3.65. The maximum Gasteiger partial charge on any atom is 0.415 e. The normalized spacial score (nSPS) is 12.5. The molecule has 0 fully saturated rings. The van der Waals surface area contributed by atoms with E-state index in [4.69, 9.17) is 18.6 Å². The number of rotatable bonds is 7. The second-order valence-electron chi connectivity index (χ2n) is 10.4. The summed E-state index contributed by atoms with van der Waals surface area (Å²) < 4.78 is 36.1. The van der Waals surface area contributed by atoms with Crippen LogP contribution in [0.15, 0.2) is 127 Å². The summed E-state index contributed by atoms with van der Waals surface area (Å²) in [6.45, 7) is 0.246. The summed E-state index contributed by atoms with van der Waals surface area (Å²) >= 11 is 1.47. The number of carbonyl (C=O) groups excluding carboxylic acids is 2. The smallest absolute Gasteiger partial charge is 0.274 e. The molecule has 7 rings (SSSR count). The molecule has 234 valence electrons. The molecule has 0 saturated carbocycles. The molecule has 12 heteroatoms. The Morgan fingerprint density at radius 3 is 1.49 bits per heavy atom. The number of pyridine rings is 1. The molecule has 0 radical (unpaired) electrons. The van der Waals surface area contributed by atoms with Crippen LogP contribution in [0.4, 0.5) is 0 Å². The molecular weight excluding hydrogens is 640 g/mol. The van der Waals surface area contributed by atoms with Gasteiger partial charge in [0, 0.05) is 24.1 Å². The van der Waals surface area contributed by atoms with Crippen molar-refractivity contribution in [1.29, 1.82) is 0 Å². The fourth-order valence-corrected chi connectivity index (χ4v) is 6.18. The highest BCUT2D eigenvalue weighted by molar-refractivity contribution is 7.13. The summed E-state index contributed by atoms with van der Waals surface area (Å²) in [4.78, 5) is 27.1. The highest BCUT2D eigenvalue weighted by Gasteiger charge is 2.35. The van der Waals surface area contributed by atoms with E-state index in [1.165, 1.54) is 16.2 Å². The van der Waals surface area contributed by atoms with Gasteiger partial charge in [-0.15, -0.1) is 10.2 Å². The number of amides is 2. The summed E-state index contributed by atoms with van der Waals surface area (Å²) in [5.41, 5.74) is 7.20. The van der Waals surface area contributed by atoms with Gasteiger partial charge in [-0.3, -0.25) is 14.5 Å². The molecule has 0 N–H and O–H groups in total. The number of fused-ring (bicyclic) bond motifs is 1. The van der Waals surface area contributed by atoms with Crippen LogP contribution in [0.2, 0.25) is 0 Å². The first-order chi connectivity index (χ1) is 22.7. The van der Waals surface area contributed by atoms with Crippen molar-refractivity contribution >= 4 is 23.2 Å². The molecule has 6 aromatic rings. The molecule has 0 unspecified atom stereocenters. The topological polar surface area (TPSA) is 159 Å². The molecule has 0 saturated heterocycles. The fraction of sp³-hybridized carbons (Fsp3) is 0.0571. The molecule has 0 bridgehead atoms. The first kappa shape index (κ1) is 31.8. The minimum atomic E-state index is -4.94. The van der Waals surface area contributed by atoms with Crippen LogP contribution in [-0.4, -0.2) is 33.5 Å². The first-order valence-corrected chi connectivity index (χ1v) is 16.4. The molecule has 1 aliphatic rings. The summed E-state index contributed by atoms with van der Waals surface area (Å²) in [6.07, 6.45) is 0.424. The lowest BCUT2D eigenvalue weighted by Gasteiger charge is -2.17. The Morgan fingerprint density at radius 1 is 0.596 bits per heavy atom. The van der Waals surface area contributed by atoms with Crippen LogP contribution in [0.3, 0.4) is 0 Å². The fourth-order valence-electron chi connectivity index (χ4n) is 5.33. The Bertz CT molecular complexity index is 1930. The summed E-state index contributed by atoms with van der Waals surface area (Å²) in [5.74, 6) is -0.520. The minimum Gasteiger partial charge on any atom is -0.274 e. The van der Waals surface area contributed by atoms with Gasteiger partial charge in [-0.2, -0.15) is 4.57 Å². The van der Waals surface area contributed by atoms with E-state index in [-0.39, 0.29) is 18.4 Å². The molecular formula is C35H25ClN4O6S. The summed E-state index contributed by atoms with van der Waals surface area (Å²) in [7, 11) is -4.94. The van der Waals surface area contributed by atoms with Gasteiger partial charge in [-0.1, -0.05) is 103 Å². The molecule has 47 heavy (non-hydrogen) atoms. The Labute approximate surface area is 275 Å². The lowest BCUT2D eigenvalue weighted by Crippen LogP contribution is -2.68. The number of aromatic nitrogens is 3. The van der Waals surface area contributed by atoms with Crippen molar-refractivity contribution in [1.82, 2.24) is 15.1 Å². The lowest BCUT2D eigenvalue weighted by molar-refractivity contribution is -2.00. The lowest BCUT2D eigenvalue weighted by atomic mass is 9.99.